The van der Waals surface area contributed by atoms with Gasteiger partial charge in [0.2, 0.25) is 0 Å². The lowest BCUT2D eigenvalue weighted by Crippen LogP contribution is -2.37. The molecule has 0 saturated heterocycles. The lowest BCUT2D eigenvalue weighted by atomic mass is 10.0. The second-order valence-electron chi connectivity index (χ2n) is 25.9. The van der Waals surface area contributed by atoms with Gasteiger partial charge in [-0.2, -0.15) is 0 Å². The predicted molar refractivity (Wildman–Crippen MR) is 372 cm³/mol. The molecular formula is C76H141NO8P+. The molecule has 0 saturated carbocycles. The van der Waals surface area contributed by atoms with Crippen LogP contribution in [0.5, 0.6) is 0 Å². The molecule has 0 aliphatic rings. The van der Waals surface area contributed by atoms with Gasteiger partial charge in [0.15, 0.2) is 6.10 Å². The van der Waals surface area contributed by atoms with Crippen LogP contribution in [0.4, 0.5) is 0 Å². The molecule has 0 aromatic heterocycles. The van der Waals surface area contributed by atoms with Crippen molar-refractivity contribution in [1.82, 2.24) is 0 Å². The van der Waals surface area contributed by atoms with Crippen molar-refractivity contribution in [3.63, 3.8) is 0 Å². The van der Waals surface area contributed by atoms with Crippen LogP contribution in [-0.4, -0.2) is 74.9 Å². The summed E-state index contributed by atoms with van der Waals surface area (Å²) in [5.41, 5.74) is 0. The summed E-state index contributed by atoms with van der Waals surface area (Å²) in [5.74, 6) is -0.781. The van der Waals surface area contributed by atoms with Crippen molar-refractivity contribution in [2.45, 2.75) is 354 Å². The molecule has 0 aliphatic heterocycles. The average Bonchev–Trinajstić information content (AvgIpc) is 3.67. The molecular weight excluding hydrogens is 1090 g/mol. The summed E-state index contributed by atoms with van der Waals surface area (Å²) in [6.07, 6.45) is 90.2. The van der Waals surface area contributed by atoms with Crippen LogP contribution in [0, 0.1) is 0 Å². The van der Waals surface area contributed by atoms with Crippen LogP contribution in [0.3, 0.4) is 0 Å². The number of unbranched alkanes of at least 4 members (excludes halogenated alkanes) is 42. The van der Waals surface area contributed by atoms with Gasteiger partial charge in [0.1, 0.15) is 19.8 Å². The minimum absolute atomic E-state index is 0.0321. The van der Waals surface area contributed by atoms with Crippen LogP contribution in [0.1, 0.15) is 348 Å². The number of carbonyl (C=O) groups excluding carboxylic acids is 2. The summed E-state index contributed by atoms with van der Waals surface area (Å²) < 4.78 is 34.8. The molecule has 86 heavy (non-hydrogen) atoms. The Kier molecular flexibility index (Phi) is 64.9. The zero-order valence-corrected chi connectivity index (χ0v) is 58.2. The van der Waals surface area contributed by atoms with Crippen LogP contribution < -0.4 is 0 Å². The maximum atomic E-state index is 12.9. The minimum Gasteiger partial charge on any atom is -0.462 e. The molecule has 0 aromatic rings. The Hall–Kier alpha value is -2.55. The van der Waals surface area contributed by atoms with E-state index in [2.05, 4.69) is 86.8 Å². The van der Waals surface area contributed by atoms with Crippen LogP contribution in [0.25, 0.3) is 0 Å². The van der Waals surface area contributed by atoms with E-state index in [0.717, 1.165) is 64.2 Å². The highest BCUT2D eigenvalue weighted by Crippen LogP contribution is 2.43. The first-order valence-corrected chi connectivity index (χ1v) is 38.2. The second-order valence-corrected chi connectivity index (χ2v) is 27.4. The predicted octanol–water partition coefficient (Wildman–Crippen LogP) is 23.9. The number of quaternary nitrogens is 1. The molecule has 9 nitrogen and oxygen atoms in total. The van der Waals surface area contributed by atoms with E-state index in [1.54, 1.807) is 0 Å². The third kappa shape index (κ3) is 70.5. The summed E-state index contributed by atoms with van der Waals surface area (Å²) in [6, 6.07) is 0. The molecule has 502 valence electrons. The number of nitrogens with zero attached hydrogens (tertiary/aromatic N) is 1. The zero-order valence-electron chi connectivity index (χ0n) is 57.3. The number of esters is 2. The Morgan fingerprint density at radius 3 is 0.988 bits per heavy atom. The van der Waals surface area contributed by atoms with E-state index in [9.17, 15) is 19.0 Å². The number of phosphoric acid groups is 1. The van der Waals surface area contributed by atoms with Crippen molar-refractivity contribution < 1.29 is 42.1 Å². The molecule has 0 heterocycles. The van der Waals surface area contributed by atoms with Gasteiger partial charge in [0, 0.05) is 12.8 Å². The fourth-order valence-corrected chi connectivity index (χ4v) is 11.4. The van der Waals surface area contributed by atoms with E-state index < -0.39 is 26.5 Å². The molecule has 2 unspecified atom stereocenters. The quantitative estimate of drug-likeness (QED) is 0.0211. The third-order valence-electron chi connectivity index (χ3n) is 16.2. The molecule has 0 aromatic carbocycles. The number of phosphoric ester groups is 1. The lowest BCUT2D eigenvalue weighted by molar-refractivity contribution is -0.870. The van der Waals surface area contributed by atoms with E-state index in [4.69, 9.17) is 18.5 Å². The number of likely N-dealkylation sites (N-methyl/N-ethyl adjacent to an activating group) is 1. The smallest absolute Gasteiger partial charge is 0.462 e. The molecule has 0 rings (SSSR count). The second kappa shape index (κ2) is 66.9. The molecule has 0 aliphatic carbocycles. The minimum atomic E-state index is -4.39. The fraction of sp³-hybridized carbons (Fsp3) is 0.816. The molecule has 0 fully saturated rings. The van der Waals surface area contributed by atoms with Crippen molar-refractivity contribution in [3.05, 3.63) is 72.9 Å². The van der Waals surface area contributed by atoms with Crippen LogP contribution in [-0.2, 0) is 32.7 Å². The van der Waals surface area contributed by atoms with Crippen molar-refractivity contribution in [2.75, 3.05) is 47.5 Å². The molecule has 0 amide bonds. The van der Waals surface area contributed by atoms with Gasteiger partial charge in [-0.1, -0.05) is 324 Å². The molecule has 0 bridgehead atoms. The lowest BCUT2D eigenvalue weighted by Gasteiger charge is -2.24. The standard InChI is InChI=1S/C76H140NO8P/c1-6-8-10-12-14-16-18-20-22-24-26-28-30-32-34-36-37-38-39-41-42-44-46-48-50-52-54-56-58-60-62-64-66-68-75(78)82-72-74(73-84-86(80,81)83-71-70-77(3,4)5)85-76(79)69-67-65-63-61-59-57-55-53-51-49-47-45-43-40-35-33-31-29-27-25-23-21-19-17-15-13-11-9-7-2/h9,11,15,17-18,20-21,23-24,26-27,29,74H,6-8,10,12-14,16,19,22,25,28,30-73H2,1-5H3/p+1/b11-9-,17-15-,20-18-,23-21-,26-24-,29-27-. The Morgan fingerprint density at radius 2 is 0.663 bits per heavy atom. The average molecular weight is 1230 g/mol. The highest BCUT2D eigenvalue weighted by atomic mass is 31.2. The largest absolute Gasteiger partial charge is 0.472 e. The van der Waals surface area contributed by atoms with Gasteiger partial charge >= 0.3 is 19.8 Å². The highest BCUT2D eigenvalue weighted by molar-refractivity contribution is 7.47. The first-order valence-electron chi connectivity index (χ1n) is 36.7. The van der Waals surface area contributed by atoms with Crippen molar-refractivity contribution >= 4 is 19.8 Å². The SMILES string of the molecule is CC/C=C\C/C=C\C/C=C\C/C=C\CCCCCCCCCCCCCCCCCCC(=O)OC(COC(=O)CCCCCCCCCCCCCCCCCCCCCCC/C=C\C/C=C\CCCCCCC)COP(=O)(O)OCC[N+](C)(C)C. The molecule has 0 spiro atoms. The summed E-state index contributed by atoms with van der Waals surface area (Å²) in [4.78, 5) is 35.9. The molecule has 10 heteroatoms. The Morgan fingerprint density at radius 1 is 0.372 bits per heavy atom. The topological polar surface area (TPSA) is 108 Å². The maximum Gasteiger partial charge on any atom is 0.472 e. The van der Waals surface area contributed by atoms with Gasteiger partial charge in [0.05, 0.1) is 27.7 Å². The molecule has 2 atom stereocenters. The van der Waals surface area contributed by atoms with Crippen LogP contribution in [0.15, 0.2) is 72.9 Å². The van der Waals surface area contributed by atoms with Crippen molar-refractivity contribution in [2.24, 2.45) is 0 Å². The van der Waals surface area contributed by atoms with Gasteiger partial charge in [-0.25, -0.2) is 4.57 Å². The van der Waals surface area contributed by atoms with Crippen molar-refractivity contribution in [3.8, 4) is 0 Å². The highest BCUT2D eigenvalue weighted by Gasteiger charge is 2.27. The number of ether oxygens (including phenoxy) is 2. The van der Waals surface area contributed by atoms with E-state index in [-0.39, 0.29) is 25.6 Å². The Balaban J connectivity index is 3.98. The summed E-state index contributed by atoms with van der Waals surface area (Å²) >= 11 is 0. The fourth-order valence-electron chi connectivity index (χ4n) is 10.6. The van der Waals surface area contributed by atoms with Crippen LogP contribution in [0.2, 0.25) is 0 Å². The zero-order chi connectivity index (χ0) is 62.6. The monoisotopic (exact) mass is 1230 g/mol. The molecule has 1 N–H and O–H groups in total. The molecule has 0 radical (unpaired) electrons. The van der Waals surface area contributed by atoms with Gasteiger partial charge < -0.3 is 18.9 Å². The maximum absolute atomic E-state index is 12.9. The number of carbonyl (C=O) groups is 2. The number of rotatable bonds is 68. The Bertz CT molecular complexity index is 1680. The van der Waals surface area contributed by atoms with E-state index in [1.165, 1.54) is 250 Å². The van der Waals surface area contributed by atoms with Crippen molar-refractivity contribution in [1.29, 1.82) is 0 Å². The van der Waals surface area contributed by atoms with E-state index in [0.29, 0.717) is 23.9 Å². The first kappa shape index (κ1) is 83.5. The van der Waals surface area contributed by atoms with E-state index in [1.807, 2.05) is 21.1 Å². The normalized spacial score (nSPS) is 13.5. The summed E-state index contributed by atoms with van der Waals surface area (Å²) in [5, 5.41) is 0. The Labute approximate surface area is 533 Å². The summed E-state index contributed by atoms with van der Waals surface area (Å²) in [7, 11) is 1.49. The van der Waals surface area contributed by atoms with Gasteiger partial charge in [0.25, 0.3) is 0 Å². The number of hydrogen-bond donors (Lipinski definition) is 1. The first-order chi connectivity index (χ1) is 42.0. The summed E-state index contributed by atoms with van der Waals surface area (Å²) in [6.45, 7) is 4.36. The van der Waals surface area contributed by atoms with E-state index >= 15 is 0 Å². The van der Waals surface area contributed by atoms with Gasteiger partial charge in [-0.15, -0.1) is 0 Å². The van der Waals surface area contributed by atoms with Gasteiger partial charge in [-0.05, 0) is 83.5 Å². The third-order valence-corrected chi connectivity index (χ3v) is 17.2. The number of hydrogen-bond acceptors (Lipinski definition) is 7. The number of allylic oxidation sites excluding steroid dienone is 12. The van der Waals surface area contributed by atoms with Gasteiger partial charge in [-0.3, -0.25) is 18.6 Å². The van der Waals surface area contributed by atoms with Crippen LogP contribution >= 0.6 is 7.82 Å².